The second-order valence-electron chi connectivity index (χ2n) is 10.8. The maximum atomic E-state index is 13.5. The highest BCUT2D eigenvalue weighted by molar-refractivity contribution is 5.91. The highest BCUT2D eigenvalue weighted by Crippen LogP contribution is 2.35. The Morgan fingerprint density at radius 1 is 1.02 bits per heavy atom. The molecule has 2 aromatic carbocycles. The van der Waals surface area contributed by atoms with E-state index in [1.54, 1.807) is 4.90 Å². The summed E-state index contributed by atoms with van der Waals surface area (Å²) < 4.78 is 45.6. The Hall–Kier alpha value is -3.59. The van der Waals surface area contributed by atoms with Crippen molar-refractivity contribution in [2.45, 2.75) is 44.6 Å². The maximum absolute atomic E-state index is 13.5. The van der Waals surface area contributed by atoms with Gasteiger partial charge in [-0.1, -0.05) is 18.2 Å². The number of nitrogens with one attached hydrogen (secondary N) is 1. The first-order chi connectivity index (χ1) is 19.3. The van der Waals surface area contributed by atoms with E-state index in [4.69, 9.17) is 4.74 Å². The van der Waals surface area contributed by atoms with Gasteiger partial charge in [0.15, 0.2) is 17.5 Å². The number of aromatic amines is 1. The molecule has 1 N–H and O–H groups in total. The van der Waals surface area contributed by atoms with Crippen LogP contribution < -0.4 is 0 Å². The van der Waals surface area contributed by atoms with Crippen molar-refractivity contribution in [1.29, 1.82) is 0 Å². The summed E-state index contributed by atoms with van der Waals surface area (Å²) in [5.41, 5.74) is 2.59. The minimum atomic E-state index is -1.53. The fourth-order valence-corrected chi connectivity index (χ4v) is 6.17. The number of likely N-dealkylation sites (tertiary alicyclic amines) is 2. The molecule has 0 aliphatic carbocycles. The fourth-order valence-electron chi connectivity index (χ4n) is 6.17. The minimum absolute atomic E-state index is 0.0748. The number of halogens is 3. The van der Waals surface area contributed by atoms with Crippen molar-refractivity contribution in [3.05, 3.63) is 77.2 Å². The predicted octanol–water partition coefficient (Wildman–Crippen LogP) is 5.65. The van der Waals surface area contributed by atoms with Crippen LogP contribution in [0.4, 0.5) is 13.2 Å². The number of benzene rings is 2. The lowest BCUT2D eigenvalue weighted by Crippen LogP contribution is -2.51. The first-order valence-electron chi connectivity index (χ1n) is 13.8. The molecular weight excluding hydrogens is 519 g/mol. The molecule has 0 saturated carbocycles. The number of H-pyrrole nitrogens is 1. The summed E-state index contributed by atoms with van der Waals surface area (Å²) in [6.07, 6.45) is 8.24. The molecule has 0 bridgehead atoms. The molecule has 1 atom stereocenters. The van der Waals surface area contributed by atoms with Crippen molar-refractivity contribution in [2.24, 2.45) is 5.92 Å². The zero-order valence-corrected chi connectivity index (χ0v) is 22.5. The second-order valence-corrected chi connectivity index (χ2v) is 10.8. The van der Waals surface area contributed by atoms with Crippen molar-refractivity contribution in [3.8, 4) is 0 Å². The Morgan fingerprint density at radius 2 is 1.70 bits per heavy atom. The summed E-state index contributed by atoms with van der Waals surface area (Å²) in [5, 5.41) is 1.28. The standard InChI is InChI=1S/C31H34F3N3O3/c1-20(38)40-19-29(36-12-8-22(9-13-36)25-18-35-28-5-3-2-4-24(25)28)23-10-14-37(15-11-23)30(39)7-6-21-16-26(32)31(34)27(33)17-21/h2-7,16-18,22-23,29,35H,8-15,19H2,1H3/b7-6+. The number of carbonyl (C=O) groups is 2. The van der Waals surface area contributed by atoms with E-state index in [-0.39, 0.29) is 29.4 Å². The molecule has 3 heterocycles. The molecule has 1 aromatic heterocycles. The van der Waals surface area contributed by atoms with Crippen LogP contribution in [0, 0.1) is 23.4 Å². The molecule has 2 saturated heterocycles. The van der Waals surface area contributed by atoms with E-state index in [9.17, 15) is 22.8 Å². The quantitative estimate of drug-likeness (QED) is 0.233. The van der Waals surface area contributed by atoms with Crippen molar-refractivity contribution < 1.29 is 27.5 Å². The third-order valence-corrected chi connectivity index (χ3v) is 8.34. The fraction of sp³-hybridized carbons (Fsp3) is 0.419. The summed E-state index contributed by atoms with van der Waals surface area (Å²) in [6.45, 7) is 4.62. The smallest absolute Gasteiger partial charge is 0.302 e. The van der Waals surface area contributed by atoms with Gasteiger partial charge >= 0.3 is 5.97 Å². The maximum Gasteiger partial charge on any atom is 0.302 e. The van der Waals surface area contributed by atoms with Crippen molar-refractivity contribution >= 4 is 28.9 Å². The Balaban J connectivity index is 1.19. The van der Waals surface area contributed by atoms with E-state index in [0.29, 0.717) is 25.6 Å². The van der Waals surface area contributed by atoms with Crippen LogP contribution in [0.3, 0.4) is 0 Å². The molecule has 40 heavy (non-hydrogen) atoms. The van der Waals surface area contributed by atoms with Gasteiger partial charge in [-0.05, 0) is 86.0 Å². The van der Waals surface area contributed by atoms with Gasteiger partial charge in [0.1, 0.15) is 6.61 Å². The van der Waals surface area contributed by atoms with E-state index in [1.807, 2.05) is 6.07 Å². The molecule has 3 aromatic rings. The average Bonchev–Trinajstić information content (AvgIpc) is 3.39. The molecule has 1 unspecified atom stereocenters. The topological polar surface area (TPSA) is 65.6 Å². The molecule has 6 nitrogen and oxygen atoms in total. The number of hydrogen-bond acceptors (Lipinski definition) is 4. The minimum Gasteiger partial charge on any atom is -0.464 e. The van der Waals surface area contributed by atoms with Gasteiger partial charge < -0.3 is 14.6 Å². The molecule has 5 rings (SSSR count). The normalized spacial score (nSPS) is 18.4. The third-order valence-electron chi connectivity index (χ3n) is 8.34. The summed E-state index contributed by atoms with van der Waals surface area (Å²) in [4.78, 5) is 31.9. The zero-order chi connectivity index (χ0) is 28.2. The van der Waals surface area contributed by atoms with Gasteiger partial charge in [-0.25, -0.2) is 13.2 Å². The van der Waals surface area contributed by atoms with Gasteiger partial charge in [-0.2, -0.15) is 0 Å². The average molecular weight is 554 g/mol. The third kappa shape index (κ3) is 6.25. The van der Waals surface area contributed by atoms with E-state index >= 15 is 0 Å². The number of aromatic nitrogens is 1. The largest absolute Gasteiger partial charge is 0.464 e. The van der Waals surface area contributed by atoms with Crippen LogP contribution in [0.25, 0.3) is 17.0 Å². The van der Waals surface area contributed by atoms with Crippen LogP contribution >= 0.6 is 0 Å². The van der Waals surface area contributed by atoms with Gasteiger partial charge in [0.05, 0.1) is 0 Å². The second kappa shape index (κ2) is 12.3. The lowest BCUT2D eigenvalue weighted by Gasteiger charge is -2.43. The molecule has 0 spiro atoms. The SMILES string of the molecule is CC(=O)OCC(C1CCN(C(=O)/C=C/c2cc(F)c(F)c(F)c2)CC1)N1CCC(c2c[nH]c3ccccc23)CC1. The highest BCUT2D eigenvalue weighted by atomic mass is 19.2. The number of carbonyl (C=O) groups excluding carboxylic acids is 2. The Kier molecular flexibility index (Phi) is 8.59. The van der Waals surface area contributed by atoms with Crippen LogP contribution in [0.15, 0.2) is 48.7 Å². The highest BCUT2D eigenvalue weighted by Gasteiger charge is 2.35. The van der Waals surface area contributed by atoms with Gasteiger partial charge in [-0.3, -0.25) is 14.5 Å². The molecule has 2 aliphatic rings. The summed E-state index contributed by atoms with van der Waals surface area (Å²) in [5.74, 6) is -3.95. The summed E-state index contributed by atoms with van der Waals surface area (Å²) in [7, 11) is 0. The molecule has 2 fully saturated rings. The van der Waals surface area contributed by atoms with Crippen LogP contribution in [0.5, 0.6) is 0 Å². The van der Waals surface area contributed by atoms with Gasteiger partial charge in [0, 0.05) is 49.2 Å². The molecular formula is C31H34F3N3O3. The van der Waals surface area contributed by atoms with Crippen LogP contribution in [-0.2, 0) is 14.3 Å². The number of para-hydroxylation sites is 1. The summed E-state index contributed by atoms with van der Waals surface area (Å²) in [6, 6.07) is 10.2. The van der Waals surface area contributed by atoms with E-state index < -0.39 is 17.5 Å². The van der Waals surface area contributed by atoms with Crippen molar-refractivity contribution in [2.75, 3.05) is 32.8 Å². The molecule has 212 valence electrons. The van der Waals surface area contributed by atoms with Crippen molar-refractivity contribution in [3.63, 3.8) is 0 Å². The number of hydrogen-bond donors (Lipinski definition) is 1. The first kappa shape index (κ1) is 28.0. The number of esters is 1. The van der Waals surface area contributed by atoms with Gasteiger partial charge in [0.2, 0.25) is 5.91 Å². The Morgan fingerprint density at radius 3 is 2.38 bits per heavy atom. The van der Waals surface area contributed by atoms with Crippen LogP contribution in [0.2, 0.25) is 0 Å². The zero-order valence-electron chi connectivity index (χ0n) is 22.5. The Bertz CT molecular complexity index is 1370. The van der Waals surface area contributed by atoms with Gasteiger partial charge in [-0.15, -0.1) is 0 Å². The molecule has 9 heteroatoms. The van der Waals surface area contributed by atoms with Gasteiger partial charge in [0.25, 0.3) is 0 Å². The number of rotatable bonds is 7. The number of fused-ring (bicyclic) bond motifs is 1. The lowest BCUT2D eigenvalue weighted by molar-refractivity contribution is -0.144. The van der Waals surface area contributed by atoms with E-state index in [0.717, 1.165) is 56.4 Å². The number of amides is 1. The van der Waals surface area contributed by atoms with Crippen LogP contribution in [-0.4, -0.2) is 65.5 Å². The number of ether oxygens (including phenoxy) is 1. The predicted molar refractivity (Wildman–Crippen MR) is 147 cm³/mol. The lowest BCUT2D eigenvalue weighted by atomic mass is 9.84. The summed E-state index contributed by atoms with van der Waals surface area (Å²) >= 11 is 0. The number of piperidine rings is 2. The molecule has 1 amide bonds. The first-order valence-corrected chi connectivity index (χ1v) is 13.8. The Labute approximate surface area is 231 Å². The molecule has 2 aliphatic heterocycles. The van der Waals surface area contributed by atoms with E-state index in [1.165, 1.54) is 30.0 Å². The monoisotopic (exact) mass is 553 g/mol. The number of nitrogens with zero attached hydrogens (tertiary/aromatic N) is 2. The molecule has 0 radical (unpaired) electrons. The van der Waals surface area contributed by atoms with E-state index in [2.05, 4.69) is 34.3 Å². The van der Waals surface area contributed by atoms with Crippen LogP contribution in [0.1, 0.15) is 49.7 Å². The van der Waals surface area contributed by atoms with Crippen molar-refractivity contribution in [1.82, 2.24) is 14.8 Å².